The summed E-state index contributed by atoms with van der Waals surface area (Å²) >= 11 is 0. The van der Waals surface area contributed by atoms with Crippen molar-refractivity contribution in [2.75, 3.05) is 0 Å². The van der Waals surface area contributed by atoms with Crippen molar-refractivity contribution in [2.45, 2.75) is 19.4 Å². The number of nitrogens with one attached hydrogen (secondary N) is 2. The third-order valence-electron chi connectivity index (χ3n) is 2.15. The number of amides is 1. The van der Waals surface area contributed by atoms with Gasteiger partial charge in [0.15, 0.2) is 5.84 Å². The zero-order chi connectivity index (χ0) is 11.5. The first-order valence-corrected chi connectivity index (χ1v) is 4.81. The van der Waals surface area contributed by atoms with Gasteiger partial charge >= 0.3 is 0 Å². The van der Waals surface area contributed by atoms with E-state index in [0.717, 1.165) is 0 Å². The van der Waals surface area contributed by atoms with Crippen LogP contribution in [0.5, 0.6) is 0 Å². The molecule has 1 aromatic heterocycles. The monoisotopic (exact) mass is 218 g/mol. The molecule has 0 saturated heterocycles. The maximum Gasteiger partial charge on any atom is 0.258 e. The van der Waals surface area contributed by atoms with E-state index in [0.29, 0.717) is 23.5 Å². The van der Waals surface area contributed by atoms with Gasteiger partial charge in [0.05, 0.1) is 5.56 Å². The molecule has 6 nitrogen and oxygen atoms in total. The molecule has 1 aliphatic rings. The minimum atomic E-state index is -0.297. The lowest BCUT2D eigenvalue weighted by atomic mass is 10.2. The summed E-state index contributed by atoms with van der Waals surface area (Å²) in [4.78, 5) is 19.3. The largest absolute Gasteiger partial charge is 0.391 e. The summed E-state index contributed by atoms with van der Waals surface area (Å²) in [5, 5.41) is 14.9. The van der Waals surface area contributed by atoms with E-state index in [1.807, 2.05) is 13.0 Å². The van der Waals surface area contributed by atoms with Crippen LogP contribution >= 0.6 is 0 Å². The van der Waals surface area contributed by atoms with Crippen molar-refractivity contribution in [1.29, 1.82) is 5.26 Å². The Hall–Kier alpha value is -2.29. The molecule has 2 heterocycles. The number of H-pyrrole nitrogens is 1. The number of nitriles is 1. The number of aromatic amines is 1. The molecule has 0 aliphatic carbocycles. The van der Waals surface area contributed by atoms with E-state index < -0.39 is 0 Å². The molecule has 2 rings (SSSR count). The standard InChI is InChI=1S/C10H10N4O2/c1-6-2-9(14-16-6)13-10(15)7-3-8(4-11)12-5-7/h3,5-6,12H,2H2,1H3,(H,13,14,15)/t6-/m0/s1. The van der Waals surface area contributed by atoms with Crippen molar-refractivity contribution in [3.05, 3.63) is 23.5 Å². The first kappa shape index (κ1) is 10.2. The number of rotatable bonds is 1. The number of carbonyl (C=O) groups excluding carboxylic acids is 1. The van der Waals surface area contributed by atoms with Gasteiger partial charge in [0, 0.05) is 12.6 Å². The first-order valence-electron chi connectivity index (χ1n) is 4.81. The van der Waals surface area contributed by atoms with Crippen LogP contribution in [0.3, 0.4) is 0 Å². The van der Waals surface area contributed by atoms with Gasteiger partial charge in [0.25, 0.3) is 5.91 Å². The molecule has 0 spiro atoms. The van der Waals surface area contributed by atoms with Crippen molar-refractivity contribution in [3.8, 4) is 6.07 Å². The molecule has 0 radical (unpaired) electrons. The van der Waals surface area contributed by atoms with Crippen molar-refractivity contribution in [1.82, 2.24) is 10.3 Å². The summed E-state index contributed by atoms with van der Waals surface area (Å²) in [5.41, 5.74) is 0.752. The fourth-order valence-electron chi connectivity index (χ4n) is 1.37. The van der Waals surface area contributed by atoms with Crippen LogP contribution in [-0.2, 0) is 4.84 Å². The lowest BCUT2D eigenvalue weighted by Crippen LogP contribution is -2.29. The number of hydrogen-bond donors (Lipinski definition) is 2. The summed E-state index contributed by atoms with van der Waals surface area (Å²) in [6.45, 7) is 1.87. The second-order valence-corrected chi connectivity index (χ2v) is 3.53. The highest BCUT2D eigenvalue weighted by molar-refractivity contribution is 6.06. The Morgan fingerprint density at radius 2 is 2.62 bits per heavy atom. The van der Waals surface area contributed by atoms with Crippen LogP contribution in [0.25, 0.3) is 0 Å². The average Bonchev–Trinajstić information content (AvgIpc) is 2.87. The maximum absolute atomic E-state index is 11.7. The molecule has 6 heteroatoms. The predicted octanol–water partition coefficient (Wildman–Crippen LogP) is 0.738. The van der Waals surface area contributed by atoms with E-state index in [4.69, 9.17) is 10.1 Å². The highest BCUT2D eigenvalue weighted by Gasteiger charge is 2.19. The molecule has 2 N–H and O–H groups in total. The normalized spacial score (nSPS) is 18.5. The highest BCUT2D eigenvalue weighted by atomic mass is 16.6. The summed E-state index contributed by atoms with van der Waals surface area (Å²) in [6, 6.07) is 3.39. The number of aromatic nitrogens is 1. The topological polar surface area (TPSA) is 90.3 Å². The lowest BCUT2D eigenvalue weighted by molar-refractivity contribution is 0.0967. The second kappa shape index (κ2) is 4.06. The highest BCUT2D eigenvalue weighted by Crippen LogP contribution is 2.08. The number of nitrogens with zero attached hydrogens (tertiary/aromatic N) is 2. The van der Waals surface area contributed by atoms with Crippen LogP contribution < -0.4 is 5.32 Å². The Morgan fingerprint density at radius 3 is 3.19 bits per heavy atom. The minimum absolute atomic E-state index is 0.00352. The third-order valence-corrected chi connectivity index (χ3v) is 2.15. The van der Waals surface area contributed by atoms with Crippen LogP contribution in [0, 0.1) is 11.3 Å². The van der Waals surface area contributed by atoms with E-state index in [1.54, 1.807) is 0 Å². The molecule has 1 aliphatic heterocycles. The quantitative estimate of drug-likeness (QED) is 0.728. The number of amidine groups is 1. The molecule has 82 valence electrons. The molecule has 16 heavy (non-hydrogen) atoms. The molecule has 0 unspecified atom stereocenters. The second-order valence-electron chi connectivity index (χ2n) is 3.53. The van der Waals surface area contributed by atoms with E-state index in [1.165, 1.54) is 12.3 Å². The van der Waals surface area contributed by atoms with Crippen molar-refractivity contribution in [3.63, 3.8) is 0 Å². The van der Waals surface area contributed by atoms with Gasteiger partial charge in [-0.3, -0.25) is 4.79 Å². The molecule has 0 saturated carbocycles. The molecule has 1 atom stereocenters. The molecular formula is C10H10N4O2. The lowest BCUT2D eigenvalue weighted by Gasteiger charge is -2.00. The molecule has 0 bridgehead atoms. The fourth-order valence-corrected chi connectivity index (χ4v) is 1.37. The molecule has 0 aromatic carbocycles. The summed E-state index contributed by atoms with van der Waals surface area (Å²) in [7, 11) is 0. The Bertz CT molecular complexity index is 483. The number of hydrogen-bond acceptors (Lipinski definition) is 4. The van der Waals surface area contributed by atoms with Crippen LogP contribution in [0.2, 0.25) is 0 Å². The van der Waals surface area contributed by atoms with Gasteiger partial charge in [-0.05, 0) is 13.0 Å². The zero-order valence-corrected chi connectivity index (χ0v) is 8.65. The Kier molecular flexibility index (Phi) is 2.60. The molecular weight excluding hydrogens is 208 g/mol. The Morgan fingerprint density at radius 1 is 1.81 bits per heavy atom. The van der Waals surface area contributed by atoms with Gasteiger partial charge in [0.2, 0.25) is 0 Å². The van der Waals surface area contributed by atoms with Crippen molar-refractivity contribution in [2.24, 2.45) is 5.16 Å². The van der Waals surface area contributed by atoms with Crippen molar-refractivity contribution < 1.29 is 9.63 Å². The summed E-state index contributed by atoms with van der Waals surface area (Å²) in [6.07, 6.45) is 2.06. The van der Waals surface area contributed by atoms with Crippen LogP contribution in [0.1, 0.15) is 29.4 Å². The smallest absolute Gasteiger partial charge is 0.258 e. The first-order chi connectivity index (χ1) is 7.69. The van der Waals surface area contributed by atoms with Gasteiger partial charge in [0.1, 0.15) is 17.9 Å². The van der Waals surface area contributed by atoms with Crippen LogP contribution in [0.15, 0.2) is 17.4 Å². The Labute approximate surface area is 91.9 Å². The molecule has 1 aromatic rings. The fraction of sp³-hybridized carbons (Fsp3) is 0.300. The Balaban J connectivity index is 2.01. The van der Waals surface area contributed by atoms with Gasteiger partial charge in [-0.15, -0.1) is 0 Å². The number of oxime groups is 1. The van der Waals surface area contributed by atoms with Crippen molar-refractivity contribution >= 4 is 11.7 Å². The van der Waals surface area contributed by atoms with Crippen LogP contribution in [0.4, 0.5) is 0 Å². The van der Waals surface area contributed by atoms with Crippen LogP contribution in [-0.4, -0.2) is 22.8 Å². The average molecular weight is 218 g/mol. The SMILES string of the molecule is C[C@H]1CC(NC(=O)c2c[nH]c(C#N)c2)=NO1. The maximum atomic E-state index is 11.7. The number of carbonyl (C=O) groups is 1. The van der Waals surface area contributed by atoms with Gasteiger partial charge in [-0.1, -0.05) is 5.16 Å². The summed E-state index contributed by atoms with van der Waals surface area (Å²) < 4.78 is 0. The van der Waals surface area contributed by atoms with Gasteiger partial charge in [-0.25, -0.2) is 0 Å². The third kappa shape index (κ3) is 2.03. The van der Waals surface area contributed by atoms with E-state index in [2.05, 4.69) is 15.5 Å². The van der Waals surface area contributed by atoms with Gasteiger partial charge < -0.3 is 15.1 Å². The zero-order valence-electron chi connectivity index (χ0n) is 8.65. The minimum Gasteiger partial charge on any atom is -0.391 e. The van der Waals surface area contributed by atoms with Gasteiger partial charge in [-0.2, -0.15) is 5.26 Å². The summed E-state index contributed by atoms with van der Waals surface area (Å²) in [5.74, 6) is 0.214. The molecule has 1 amide bonds. The van der Waals surface area contributed by atoms with E-state index in [-0.39, 0.29) is 12.0 Å². The van der Waals surface area contributed by atoms with E-state index >= 15 is 0 Å². The van der Waals surface area contributed by atoms with E-state index in [9.17, 15) is 4.79 Å². The predicted molar refractivity (Wildman–Crippen MR) is 55.6 cm³/mol. The molecule has 0 fully saturated rings.